The highest BCUT2D eigenvalue weighted by Gasteiger charge is 2.64. The van der Waals surface area contributed by atoms with Crippen LogP contribution in [0.5, 0.6) is 5.75 Å². The van der Waals surface area contributed by atoms with Crippen LogP contribution in [0, 0.1) is 27.7 Å². The number of ether oxygens (including phenoxy) is 2. The molecule has 0 aromatic heterocycles. The lowest BCUT2D eigenvalue weighted by Gasteiger charge is -2.32. The number of aryl methyl sites for hydroxylation is 4. The Labute approximate surface area is 394 Å². The van der Waals surface area contributed by atoms with Gasteiger partial charge in [0.1, 0.15) is 0 Å². The summed E-state index contributed by atoms with van der Waals surface area (Å²) >= 11 is 0. The molecular weight excluding hydrogens is 902 g/mol. The van der Waals surface area contributed by atoms with Crippen molar-refractivity contribution in [1.82, 2.24) is 0 Å². The van der Waals surface area contributed by atoms with Crippen LogP contribution < -0.4 is 9.65 Å². The average Bonchev–Trinajstić information content (AvgIpc) is 3.64. The van der Waals surface area contributed by atoms with E-state index in [1.165, 1.54) is 27.0 Å². The van der Waals surface area contributed by atoms with Gasteiger partial charge in [-0.2, -0.15) is 21.6 Å². The summed E-state index contributed by atoms with van der Waals surface area (Å²) in [7, 11) is -5.04. The molecule has 15 nitrogen and oxygen atoms in total. The normalized spacial score (nSPS) is 19.7. The number of esters is 2. The molecule has 2 aromatic rings. The van der Waals surface area contributed by atoms with Crippen molar-refractivity contribution in [3.8, 4) is 5.75 Å². The Morgan fingerprint density at radius 2 is 0.866 bits per heavy atom. The maximum Gasteiger partial charge on any atom is 0.534 e. The van der Waals surface area contributed by atoms with Crippen molar-refractivity contribution < 1.29 is 82.4 Å². The number of carbonyl (C=O) groups is 4. The third kappa shape index (κ3) is 13.5. The minimum atomic E-state index is -5.92. The predicted molar refractivity (Wildman–Crippen MR) is 246 cm³/mol. The highest BCUT2D eigenvalue weighted by molar-refractivity contribution is 7.88. The molecule has 3 fully saturated rings. The molecule has 0 saturated carbocycles. The number of carbonyl (C=O) groups excluding carboxylic acids is 4. The second-order valence-corrected chi connectivity index (χ2v) is 21.4. The standard InChI is InChI=1S/C19H27BO5.C14H15F3O6S.C12H24B2O4/c1-12-10-13(2)17(15(21)8-9-16(22)23-7)14(11-12)20-24-18(3,4)19(5,6)25-20;1-8-6-9(2)13(10(18)4-5-12(19)22-3)11(7-8)23-24(20,21)14(15,16)17;1-9(2)10(3,4)16-13(15-9)14-17-11(5,6)12(7,8)18-14/h10-11H,8-9H2,1-7H3;6-7H,4-5H2,1-3H3;1-8H3. The molecule has 3 heterocycles. The Hall–Kier alpha value is -3.79. The Morgan fingerprint density at radius 1 is 0.537 bits per heavy atom. The lowest BCUT2D eigenvalue weighted by atomic mass is 9.49. The van der Waals surface area contributed by atoms with E-state index in [1.54, 1.807) is 0 Å². The monoisotopic (exact) mass is 968 g/mol. The van der Waals surface area contributed by atoms with Crippen molar-refractivity contribution in [3.63, 3.8) is 0 Å². The molecule has 5 rings (SSSR count). The summed E-state index contributed by atoms with van der Waals surface area (Å²) in [6.45, 7) is 30.9. The molecule has 0 bridgehead atoms. The number of alkyl halides is 3. The van der Waals surface area contributed by atoms with E-state index in [0.717, 1.165) is 29.8 Å². The number of methoxy groups -OCH3 is 2. The molecule has 3 aliphatic rings. The van der Waals surface area contributed by atoms with Crippen molar-refractivity contribution in [1.29, 1.82) is 0 Å². The van der Waals surface area contributed by atoms with Crippen LogP contribution in [0.4, 0.5) is 13.2 Å². The van der Waals surface area contributed by atoms with Crippen LogP contribution in [0.2, 0.25) is 0 Å². The van der Waals surface area contributed by atoms with E-state index in [9.17, 15) is 40.8 Å². The van der Waals surface area contributed by atoms with Crippen molar-refractivity contribution >= 4 is 60.2 Å². The van der Waals surface area contributed by atoms with E-state index in [2.05, 4.69) is 13.7 Å². The Balaban J connectivity index is 0.000000270. The number of hydrogen-bond donors (Lipinski definition) is 0. The smallest absolute Gasteiger partial charge is 0.469 e. The third-order valence-corrected chi connectivity index (χ3v) is 13.8. The molecule has 0 aliphatic carbocycles. The first kappa shape index (κ1) is 57.5. The largest absolute Gasteiger partial charge is 0.534 e. The molecule has 22 heteroatoms. The molecule has 0 unspecified atom stereocenters. The van der Waals surface area contributed by atoms with Crippen molar-refractivity contribution in [3.05, 3.63) is 57.6 Å². The van der Waals surface area contributed by atoms with Gasteiger partial charge in [-0.05, 0) is 139 Å². The maximum atomic E-state index is 12.8. The molecule has 2 aromatic carbocycles. The summed E-state index contributed by atoms with van der Waals surface area (Å²) in [4.78, 5) is 47.4. The molecule has 372 valence electrons. The highest BCUT2D eigenvalue weighted by Crippen LogP contribution is 2.43. The molecular formula is C45H66B3F3O15S. The minimum Gasteiger partial charge on any atom is -0.469 e. The molecule has 3 aliphatic heterocycles. The van der Waals surface area contributed by atoms with E-state index in [4.69, 9.17) is 27.9 Å². The van der Waals surface area contributed by atoms with Crippen LogP contribution in [-0.4, -0.2) is 106 Å². The van der Waals surface area contributed by atoms with Gasteiger partial charge in [0.25, 0.3) is 0 Å². The maximum absolute atomic E-state index is 12.8. The highest BCUT2D eigenvalue weighted by atomic mass is 32.2. The molecule has 3 saturated heterocycles. The van der Waals surface area contributed by atoms with Crippen molar-refractivity contribution in [2.45, 2.75) is 176 Å². The van der Waals surface area contributed by atoms with Gasteiger partial charge in [0, 0.05) is 18.4 Å². The molecule has 0 atom stereocenters. The van der Waals surface area contributed by atoms with Crippen LogP contribution >= 0.6 is 0 Å². The Morgan fingerprint density at radius 3 is 1.22 bits per heavy atom. The van der Waals surface area contributed by atoms with Gasteiger partial charge in [0.2, 0.25) is 0 Å². The van der Waals surface area contributed by atoms with Crippen molar-refractivity contribution in [2.75, 3.05) is 14.2 Å². The molecule has 0 spiro atoms. The van der Waals surface area contributed by atoms with E-state index in [-0.39, 0.29) is 65.0 Å². The number of halogens is 3. The first-order chi connectivity index (χ1) is 30.2. The first-order valence-corrected chi connectivity index (χ1v) is 23.2. The van der Waals surface area contributed by atoms with Gasteiger partial charge >= 0.3 is 48.7 Å². The Bertz CT molecular complexity index is 2210. The fourth-order valence-electron chi connectivity index (χ4n) is 6.94. The zero-order valence-corrected chi connectivity index (χ0v) is 42.9. The van der Waals surface area contributed by atoms with Crippen LogP contribution in [0.15, 0.2) is 24.3 Å². The van der Waals surface area contributed by atoms with Gasteiger partial charge in [-0.3, -0.25) is 19.2 Å². The number of ketones is 2. The predicted octanol–water partition coefficient (Wildman–Crippen LogP) is 7.66. The summed E-state index contributed by atoms with van der Waals surface area (Å²) < 4.78 is 109. The topological polar surface area (TPSA) is 185 Å². The fraction of sp³-hybridized carbons (Fsp3) is 0.644. The second-order valence-electron chi connectivity index (χ2n) is 19.8. The molecule has 0 amide bonds. The summed E-state index contributed by atoms with van der Waals surface area (Å²) in [6.07, 6.45) is -0.498. The van der Waals surface area contributed by atoms with Gasteiger partial charge in [-0.15, -0.1) is 0 Å². The van der Waals surface area contributed by atoms with Crippen LogP contribution in [0.1, 0.15) is 152 Å². The number of benzene rings is 2. The third-order valence-electron chi connectivity index (χ3n) is 12.8. The van der Waals surface area contributed by atoms with Crippen LogP contribution in [-0.2, 0) is 57.1 Å². The quantitative estimate of drug-likeness (QED) is 0.0663. The van der Waals surface area contributed by atoms with Crippen molar-refractivity contribution in [2.24, 2.45) is 0 Å². The van der Waals surface area contributed by atoms with Gasteiger partial charge in [-0.25, -0.2) is 0 Å². The zero-order valence-electron chi connectivity index (χ0n) is 42.0. The van der Waals surface area contributed by atoms with Crippen LogP contribution in [0.25, 0.3) is 0 Å². The molecule has 67 heavy (non-hydrogen) atoms. The van der Waals surface area contributed by atoms with E-state index in [1.807, 2.05) is 109 Å². The van der Waals surface area contributed by atoms with E-state index >= 15 is 0 Å². The molecule has 0 N–H and O–H groups in total. The lowest BCUT2D eigenvalue weighted by molar-refractivity contribution is -0.141. The number of Topliss-reactive ketones (excluding diaryl/α,β-unsaturated/α-hetero) is 2. The van der Waals surface area contributed by atoms with Gasteiger partial charge in [0.05, 0.1) is 66.2 Å². The summed E-state index contributed by atoms with van der Waals surface area (Å²) in [5.41, 5.74) is -4.52. The SMILES string of the molecule is CC1(C)OB(B2OC(C)(C)C(C)(C)O2)OC1(C)C.COC(=O)CCC(=O)c1c(C)cc(C)cc1B1OC(C)(C)C(C)(C)O1.COC(=O)CCC(=O)c1c(C)cc(C)cc1OS(=O)(=O)C(F)(F)F. The average molecular weight is 969 g/mol. The summed E-state index contributed by atoms with van der Waals surface area (Å²) in [5.74, 6) is -2.63. The summed E-state index contributed by atoms with van der Waals surface area (Å²) in [6, 6.07) is 6.39. The van der Waals surface area contributed by atoms with E-state index in [0.29, 0.717) is 11.1 Å². The first-order valence-electron chi connectivity index (χ1n) is 21.8. The van der Waals surface area contributed by atoms with Gasteiger partial charge < -0.3 is 41.6 Å². The number of hydrogen-bond acceptors (Lipinski definition) is 15. The number of rotatable bonds is 12. The second kappa shape index (κ2) is 20.7. The molecule has 0 radical (unpaired) electrons. The zero-order chi connectivity index (χ0) is 51.7. The summed E-state index contributed by atoms with van der Waals surface area (Å²) in [5, 5.41) is 0. The van der Waals surface area contributed by atoms with E-state index < -0.39 is 71.4 Å². The van der Waals surface area contributed by atoms with Gasteiger partial charge in [0.15, 0.2) is 17.3 Å². The minimum absolute atomic E-state index is 0.0610. The van der Waals surface area contributed by atoms with Crippen LogP contribution in [0.3, 0.4) is 0 Å². The fourth-order valence-corrected chi connectivity index (χ4v) is 7.40. The van der Waals surface area contributed by atoms with Gasteiger partial charge in [-0.1, -0.05) is 23.8 Å². The lowest BCUT2D eigenvalue weighted by Crippen LogP contribution is -2.41. The Kier molecular flexibility index (Phi) is 17.7.